The van der Waals surface area contributed by atoms with Gasteiger partial charge in [0.1, 0.15) is 6.04 Å². The van der Waals surface area contributed by atoms with Gasteiger partial charge in [0.15, 0.2) is 5.69 Å². The van der Waals surface area contributed by atoms with Crippen LogP contribution < -0.4 is 11.1 Å². The van der Waals surface area contributed by atoms with E-state index in [1.54, 1.807) is 24.9 Å². The van der Waals surface area contributed by atoms with Crippen molar-refractivity contribution in [2.24, 2.45) is 12.8 Å². The van der Waals surface area contributed by atoms with Gasteiger partial charge in [0.05, 0.1) is 5.69 Å². The summed E-state index contributed by atoms with van der Waals surface area (Å²) in [7, 11) is 1.64. The van der Waals surface area contributed by atoms with Crippen molar-refractivity contribution >= 4 is 17.5 Å². The molecule has 2 heterocycles. The summed E-state index contributed by atoms with van der Waals surface area (Å²) >= 11 is 0. The van der Waals surface area contributed by atoms with Crippen molar-refractivity contribution in [1.29, 1.82) is 0 Å². The highest BCUT2D eigenvalue weighted by atomic mass is 16.2. The van der Waals surface area contributed by atoms with Crippen LogP contribution in [0.4, 0.5) is 5.69 Å². The highest BCUT2D eigenvalue weighted by molar-refractivity contribution is 6.02. The van der Waals surface area contributed by atoms with Crippen molar-refractivity contribution in [2.75, 3.05) is 5.32 Å². The number of hydrogen-bond donors (Lipinski definition) is 2. The monoisotopic (exact) mass is 276 g/mol. The molecule has 0 saturated heterocycles. The Bertz CT molecular complexity index is 657. The van der Waals surface area contributed by atoms with Crippen LogP contribution in [0.25, 0.3) is 0 Å². The van der Waals surface area contributed by atoms with Crippen LogP contribution in [0.2, 0.25) is 0 Å². The molecule has 0 spiro atoms. The van der Waals surface area contributed by atoms with Crippen LogP contribution in [0.15, 0.2) is 18.5 Å². The molecule has 20 heavy (non-hydrogen) atoms. The maximum Gasteiger partial charge on any atom is 0.271 e. The molecule has 0 saturated carbocycles. The molecule has 0 aliphatic carbocycles. The second kappa shape index (κ2) is 5.16. The van der Waals surface area contributed by atoms with E-state index in [0.717, 1.165) is 5.69 Å². The zero-order valence-corrected chi connectivity index (χ0v) is 11.5. The molecule has 2 amide bonds. The minimum atomic E-state index is -0.691. The maximum absolute atomic E-state index is 12.2. The Balaban J connectivity index is 2.20. The smallest absolute Gasteiger partial charge is 0.271 e. The molecule has 2 aromatic rings. The number of nitrogens with two attached hydrogens (primary N) is 1. The number of nitrogens with one attached hydrogen (secondary N) is 1. The van der Waals surface area contributed by atoms with Crippen LogP contribution in [-0.2, 0) is 11.8 Å². The SMILES string of the molecule is Cc1ccnn1C(C)C(=O)Nc1cn(C)nc1C(N)=O. The molecular formula is C12H16N6O2. The summed E-state index contributed by atoms with van der Waals surface area (Å²) in [5.74, 6) is -0.990. The Kier molecular flexibility index (Phi) is 3.55. The van der Waals surface area contributed by atoms with Crippen molar-refractivity contribution in [1.82, 2.24) is 19.6 Å². The first-order chi connectivity index (χ1) is 9.40. The van der Waals surface area contributed by atoms with Crippen LogP contribution in [0.1, 0.15) is 29.1 Å². The Morgan fingerprint density at radius 1 is 1.45 bits per heavy atom. The van der Waals surface area contributed by atoms with Gasteiger partial charge in [-0.1, -0.05) is 0 Å². The predicted molar refractivity (Wildman–Crippen MR) is 72.0 cm³/mol. The highest BCUT2D eigenvalue weighted by Crippen LogP contribution is 2.16. The third-order valence-electron chi connectivity index (χ3n) is 2.93. The largest absolute Gasteiger partial charge is 0.364 e. The molecule has 8 heteroatoms. The lowest BCUT2D eigenvalue weighted by Gasteiger charge is -2.13. The Hall–Kier alpha value is -2.64. The molecule has 0 fully saturated rings. The molecule has 1 atom stereocenters. The molecule has 2 rings (SSSR count). The average molecular weight is 276 g/mol. The van der Waals surface area contributed by atoms with E-state index in [0.29, 0.717) is 5.69 Å². The Morgan fingerprint density at radius 2 is 2.15 bits per heavy atom. The van der Waals surface area contributed by atoms with Crippen LogP contribution >= 0.6 is 0 Å². The Labute approximate surface area is 115 Å². The van der Waals surface area contributed by atoms with Gasteiger partial charge in [-0.2, -0.15) is 10.2 Å². The van der Waals surface area contributed by atoms with E-state index >= 15 is 0 Å². The van der Waals surface area contributed by atoms with Crippen molar-refractivity contribution < 1.29 is 9.59 Å². The third kappa shape index (κ3) is 2.53. The van der Waals surface area contributed by atoms with Crippen LogP contribution in [0.5, 0.6) is 0 Å². The molecule has 0 bridgehead atoms. The van der Waals surface area contributed by atoms with Gasteiger partial charge < -0.3 is 11.1 Å². The summed E-state index contributed by atoms with van der Waals surface area (Å²) in [5.41, 5.74) is 6.41. The predicted octanol–water partition coefficient (Wildman–Crippen LogP) is 0.224. The van der Waals surface area contributed by atoms with Crippen molar-refractivity contribution in [3.05, 3.63) is 29.8 Å². The number of carbonyl (C=O) groups excluding carboxylic acids is 2. The van der Waals surface area contributed by atoms with E-state index in [1.807, 2.05) is 13.0 Å². The zero-order chi connectivity index (χ0) is 14.9. The van der Waals surface area contributed by atoms with E-state index in [2.05, 4.69) is 15.5 Å². The number of anilines is 1. The van der Waals surface area contributed by atoms with Crippen LogP contribution in [0, 0.1) is 6.92 Å². The molecule has 0 aliphatic heterocycles. The number of amides is 2. The normalized spacial score (nSPS) is 12.2. The van der Waals surface area contributed by atoms with E-state index in [1.165, 1.54) is 10.9 Å². The number of rotatable bonds is 4. The summed E-state index contributed by atoms with van der Waals surface area (Å²) in [6.45, 7) is 3.57. The fourth-order valence-electron chi connectivity index (χ4n) is 1.90. The number of primary amides is 1. The summed E-state index contributed by atoms with van der Waals surface area (Å²) < 4.78 is 3.01. The molecule has 3 N–H and O–H groups in total. The highest BCUT2D eigenvalue weighted by Gasteiger charge is 2.21. The van der Waals surface area contributed by atoms with E-state index in [9.17, 15) is 9.59 Å². The van der Waals surface area contributed by atoms with Crippen molar-refractivity contribution in [3.63, 3.8) is 0 Å². The van der Waals surface area contributed by atoms with Gasteiger partial charge in [-0.15, -0.1) is 0 Å². The van der Waals surface area contributed by atoms with Gasteiger partial charge in [0, 0.05) is 25.1 Å². The lowest BCUT2D eigenvalue weighted by atomic mass is 10.2. The van der Waals surface area contributed by atoms with Gasteiger partial charge in [0.25, 0.3) is 5.91 Å². The van der Waals surface area contributed by atoms with Gasteiger partial charge in [0.2, 0.25) is 5.91 Å². The number of aromatic nitrogens is 4. The summed E-state index contributed by atoms with van der Waals surface area (Å²) in [5, 5.41) is 10.6. The third-order valence-corrected chi connectivity index (χ3v) is 2.93. The summed E-state index contributed by atoms with van der Waals surface area (Å²) in [4.78, 5) is 23.4. The zero-order valence-electron chi connectivity index (χ0n) is 11.5. The number of carbonyl (C=O) groups is 2. The number of nitrogens with zero attached hydrogens (tertiary/aromatic N) is 4. The van der Waals surface area contributed by atoms with E-state index in [4.69, 9.17) is 5.73 Å². The molecule has 106 valence electrons. The topological polar surface area (TPSA) is 108 Å². The van der Waals surface area contributed by atoms with Crippen LogP contribution in [0.3, 0.4) is 0 Å². The molecule has 1 unspecified atom stereocenters. The average Bonchev–Trinajstić information content (AvgIpc) is 2.94. The molecule has 0 aliphatic rings. The fraction of sp³-hybridized carbons (Fsp3) is 0.333. The van der Waals surface area contributed by atoms with Gasteiger partial charge in [-0.25, -0.2) is 0 Å². The minimum absolute atomic E-state index is 0.0326. The van der Waals surface area contributed by atoms with Gasteiger partial charge >= 0.3 is 0 Å². The second-order valence-electron chi connectivity index (χ2n) is 4.51. The summed E-state index contributed by atoms with van der Waals surface area (Å²) in [6.07, 6.45) is 3.15. The molecule has 0 radical (unpaired) electrons. The van der Waals surface area contributed by atoms with Gasteiger partial charge in [-0.05, 0) is 19.9 Å². The van der Waals surface area contributed by atoms with E-state index in [-0.39, 0.29) is 11.6 Å². The number of hydrogen-bond acceptors (Lipinski definition) is 4. The first kappa shape index (κ1) is 13.8. The first-order valence-electron chi connectivity index (χ1n) is 6.04. The molecule has 8 nitrogen and oxygen atoms in total. The number of aryl methyl sites for hydroxylation is 2. The molecule has 0 aromatic carbocycles. The molecular weight excluding hydrogens is 260 g/mol. The lowest BCUT2D eigenvalue weighted by molar-refractivity contribution is -0.119. The quantitative estimate of drug-likeness (QED) is 0.832. The van der Waals surface area contributed by atoms with Crippen molar-refractivity contribution in [2.45, 2.75) is 19.9 Å². The first-order valence-corrected chi connectivity index (χ1v) is 6.04. The lowest BCUT2D eigenvalue weighted by Crippen LogP contribution is -2.26. The van der Waals surface area contributed by atoms with Crippen molar-refractivity contribution in [3.8, 4) is 0 Å². The molecule has 2 aromatic heterocycles. The van der Waals surface area contributed by atoms with E-state index < -0.39 is 11.9 Å². The standard InChI is InChI=1S/C12H16N6O2/c1-7-4-5-14-18(7)8(2)12(20)15-9-6-17(3)16-10(9)11(13)19/h4-6,8H,1-3H3,(H2,13,19)(H,15,20). The van der Waals surface area contributed by atoms with Crippen LogP contribution in [-0.4, -0.2) is 31.4 Å². The fourth-order valence-corrected chi connectivity index (χ4v) is 1.90. The maximum atomic E-state index is 12.2. The van der Waals surface area contributed by atoms with Gasteiger partial charge in [-0.3, -0.25) is 19.0 Å². The summed E-state index contributed by atoms with van der Waals surface area (Å²) in [6, 6.07) is 1.30. The second-order valence-corrected chi connectivity index (χ2v) is 4.51. The minimum Gasteiger partial charge on any atom is -0.364 e. The Morgan fingerprint density at radius 3 is 2.70 bits per heavy atom.